The highest BCUT2D eigenvalue weighted by atomic mass is 28.3. The molecule has 0 aliphatic heterocycles. The first kappa shape index (κ1) is 37.8. The topological polar surface area (TPSA) is 38.6 Å². The van der Waals surface area contributed by atoms with Crippen LogP contribution < -0.4 is 20.7 Å². The Balaban J connectivity index is 1.04. The molecule has 13 aromatic rings. The van der Waals surface area contributed by atoms with Crippen molar-refractivity contribution >= 4 is 94.2 Å². The zero-order valence-corrected chi connectivity index (χ0v) is 36.9. The van der Waals surface area contributed by atoms with Crippen LogP contribution in [0.2, 0.25) is 0 Å². The van der Waals surface area contributed by atoms with E-state index in [1.165, 1.54) is 42.3 Å². The smallest absolute Gasteiger partial charge is 0.179 e. The Hall–Kier alpha value is -8.69. The van der Waals surface area contributed by atoms with Gasteiger partial charge in [0.15, 0.2) is 8.07 Å². The lowest BCUT2D eigenvalue weighted by Crippen LogP contribution is -2.74. The second kappa shape index (κ2) is 15.0. The number of nitrogens with zero attached hydrogens (tertiary/aromatic N) is 4. The van der Waals surface area contributed by atoms with Crippen LogP contribution in [0, 0.1) is 11.3 Å². The number of benzene rings is 10. The standard InChI is InChI=1S/C61H40N4Si/c62-41-42-31-38-57-53(39-42)50-24-11-13-26-54(50)64(57)44-34-37-51-49-23-10-14-27-55(49)65(60(51)40-44)59-30-16-29-58-61(59)52-25-12-15-28-56(52)63(58)43-32-35-48(36-33-43)66(45-17-4-1-5-18-45,46-19-6-2-7-20-46)47-21-8-3-9-22-47/h1-40H. The maximum absolute atomic E-state index is 9.83. The molecule has 10 aromatic carbocycles. The molecule has 0 saturated heterocycles. The average molecular weight is 857 g/mol. The van der Waals surface area contributed by atoms with Gasteiger partial charge in [-0.1, -0.05) is 170 Å². The quantitative estimate of drug-likeness (QED) is 0.116. The van der Waals surface area contributed by atoms with Gasteiger partial charge in [-0.05, 0) is 93.5 Å². The van der Waals surface area contributed by atoms with Crippen LogP contribution in [0.5, 0.6) is 0 Å². The lowest BCUT2D eigenvalue weighted by atomic mass is 10.1. The van der Waals surface area contributed by atoms with E-state index in [-0.39, 0.29) is 0 Å². The molecular formula is C61H40N4Si. The van der Waals surface area contributed by atoms with E-state index in [9.17, 15) is 5.26 Å². The number of fused-ring (bicyclic) bond motifs is 9. The predicted octanol–water partition coefficient (Wildman–Crippen LogP) is 12.2. The largest absolute Gasteiger partial charge is 0.309 e. The minimum atomic E-state index is -2.70. The van der Waals surface area contributed by atoms with Gasteiger partial charge in [0.25, 0.3) is 0 Å². The maximum Gasteiger partial charge on any atom is 0.179 e. The second-order valence-electron chi connectivity index (χ2n) is 17.2. The summed E-state index contributed by atoms with van der Waals surface area (Å²) in [5, 5.41) is 22.2. The minimum absolute atomic E-state index is 0.658. The summed E-state index contributed by atoms with van der Waals surface area (Å²) < 4.78 is 7.26. The van der Waals surface area contributed by atoms with Gasteiger partial charge in [-0.25, -0.2) is 0 Å². The van der Waals surface area contributed by atoms with E-state index in [0.29, 0.717) is 5.56 Å². The fourth-order valence-electron chi connectivity index (χ4n) is 11.1. The zero-order chi connectivity index (χ0) is 43.8. The molecule has 5 heteroatoms. The molecule has 13 rings (SSSR count). The number of nitriles is 1. The van der Waals surface area contributed by atoms with E-state index >= 15 is 0 Å². The van der Waals surface area contributed by atoms with Gasteiger partial charge in [0.05, 0.1) is 50.4 Å². The molecule has 3 aromatic heterocycles. The summed E-state index contributed by atoms with van der Waals surface area (Å²) in [5.74, 6) is 0. The lowest BCUT2D eigenvalue weighted by molar-refractivity contribution is 1.16. The summed E-state index contributed by atoms with van der Waals surface area (Å²) in [4.78, 5) is 0. The SMILES string of the molecule is N#Cc1ccc2c(c1)c1ccccc1n2-c1ccc2c3ccccc3n(-c3cccc4c3c3ccccc3n4-c3ccc([Si](c4ccccc4)(c4ccccc4)c4ccccc4)cc3)c2c1. The van der Waals surface area contributed by atoms with Crippen molar-refractivity contribution < 1.29 is 0 Å². The number of para-hydroxylation sites is 3. The first-order valence-electron chi connectivity index (χ1n) is 22.5. The Bertz CT molecular complexity index is 3950. The molecule has 0 spiro atoms. The van der Waals surface area contributed by atoms with Crippen LogP contribution >= 0.6 is 0 Å². The van der Waals surface area contributed by atoms with Crippen LogP contribution in [0.1, 0.15) is 5.56 Å². The molecular weight excluding hydrogens is 817 g/mol. The maximum atomic E-state index is 9.83. The third kappa shape index (κ3) is 5.49. The third-order valence-corrected chi connectivity index (χ3v) is 18.6. The molecule has 3 heterocycles. The molecule has 0 saturated carbocycles. The summed E-state index contributed by atoms with van der Waals surface area (Å²) in [7, 11) is -2.70. The van der Waals surface area contributed by atoms with E-state index in [4.69, 9.17) is 0 Å². The van der Waals surface area contributed by atoms with E-state index in [0.717, 1.165) is 60.9 Å². The summed E-state index contributed by atoms with van der Waals surface area (Å²) >= 11 is 0. The van der Waals surface area contributed by atoms with E-state index in [2.05, 4.69) is 250 Å². The van der Waals surface area contributed by atoms with Crippen molar-refractivity contribution in [2.24, 2.45) is 0 Å². The van der Waals surface area contributed by atoms with Gasteiger partial charge < -0.3 is 13.7 Å². The molecule has 0 aliphatic carbocycles. The van der Waals surface area contributed by atoms with E-state index < -0.39 is 8.07 Å². The van der Waals surface area contributed by atoms with Crippen molar-refractivity contribution in [2.75, 3.05) is 0 Å². The molecule has 0 fully saturated rings. The van der Waals surface area contributed by atoms with Gasteiger partial charge in [-0.3, -0.25) is 0 Å². The molecule has 0 N–H and O–H groups in total. The second-order valence-corrected chi connectivity index (χ2v) is 21.0. The normalized spacial score (nSPS) is 11.9. The molecule has 0 aliphatic rings. The first-order valence-corrected chi connectivity index (χ1v) is 24.5. The fraction of sp³-hybridized carbons (Fsp3) is 0. The van der Waals surface area contributed by atoms with Gasteiger partial charge in [-0.2, -0.15) is 5.26 Å². The van der Waals surface area contributed by atoms with Gasteiger partial charge >= 0.3 is 0 Å². The Morgan fingerprint density at radius 3 is 1.38 bits per heavy atom. The van der Waals surface area contributed by atoms with Crippen molar-refractivity contribution in [3.05, 3.63) is 248 Å². The molecule has 0 unspecified atom stereocenters. The number of rotatable bonds is 7. The zero-order valence-electron chi connectivity index (χ0n) is 35.9. The van der Waals surface area contributed by atoms with Crippen LogP contribution in [0.4, 0.5) is 0 Å². The number of aromatic nitrogens is 3. The number of hydrogen-bond donors (Lipinski definition) is 0. The fourth-order valence-corrected chi connectivity index (χ4v) is 15.8. The summed E-state index contributed by atoms with van der Waals surface area (Å²) in [6, 6.07) is 91.0. The van der Waals surface area contributed by atoms with Gasteiger partial charge in [0, 0.05) is 43.7 Å². The van der Waals surface area contributed by atoms with Gasteiger partial charge in [0.2, 0.25) is 0 Å². The van der Waals surface area contributed by atoms with Crippen LogP contribution in [-0.2, 0) is 0 Å². The highest BCUT2D eigenvalue weighted by Crippen LogP contribution is 2.41. The molecule has 308 valence electrons. The van der Waals surface area contributed by atoms with Crippen LogP contribution in [0.15, 0.2) is 243 Å². The van der Waals surface area contributed by atoms with Crippen molar-refractivity contribution in [1.29, 1.82) is 5.26 Å². The van der Waals surface area contributed by atoms with E-state index in [1.807, 2.05) is 12.1 Å². The third-order valence-electron chi connectivity index (χ3n) is 13.8. The lowest BCUT2D eigenvalue weighted by Gasteiger charge is -2.34. The van der Waals surface area contributed by atoms with Crippen LogP contribution in [-0.4, -0.2) is 21.8 Å². The van der Waals surface area contributed by atoms with Gasteiger partial charge in [-0.15, -0.1) is 0 Å². The molecule has 4 nitrogen and oxygen atoms in total. The molecule has 0 amide bonds. The minimum Gasteiger partial charge on any atom is -0.309 e. The first-order chi connectivity index (χ1) is 32.7. The molecule has 0 atom stereocenters. The monoisotopic (exact) mass is 856 g/mol. The van der Waals surface area contributed by atoms with E-state index in [1.54, 1.807) is 0 Å². The van der Waals surface area contributed by atoms with Crippen molar-refractivity contribution in [1.82, 2.24) is 13.7 Å². The summed E-state index contributed by atoms with van der Waals surface area (Å²) in [6.07, 6.45) is 0. The molecule has 0 bridgehead atoms. The predicted molar refractivity (Wildman–Crippen MR) is 278 cm³/mol. The summed E-state index contributed by atoms with van der Waals surface area (Å²) in [6.45, 7) is 0. The number of hydrogen-bond acceptors (Lipinski definition) is 1. The van der Waals surface area contributed by atoms with Crippen molar-refractivity contribution in [3.8, 4) is 23.1 Å². The average Bonchev–Trinajstić information content (AvgIpc) is 4.03. The van der Waals surface area contributed by atoms with Gasteiger partial charge in [0.1, 0.15) is 0 Å². The Labute approximate surface area is 382 Å². The molecule has 66 heavy (non-hydrogen) atoms. The molecule has 0 radical (unpaired) electrons. The van der Waals surface area contributed by atoms with Crippen molar-refractivity contribution in [3.63, 3.8) is 0 Å². The Kier molecular flexibility index (Phi) is 8.57. The van der Waals surface area contributed by atoms with Crippen molar-refractivity contribution in [2.45, 2.75) is 0 Å². The van der Waals surface area contributed by atoms with Crippen LogP contribution in [0.3, 0.4) is 0 Å². The van der Waals surface area contributed by atoms with Crippen LogP contribution in [0.25, 0.3) is 82.5 Å². The Morgan fingerprint density at radius 2 is 0.758 bits per heavy atom. The Morgan fingerprint density at radius 1 is 0.303 bits per heavy atom. The highest BCUT2D eigenvalue weighted by Gasteiger charge is 2.41. The summed E-state index contributed by atoms with van der Waals surface area (Å²) in [5.41, 5.74) is 10.8. The highest BCUT2D eigenvalue weighted by molar-refractivity contribution is 7.19.